The molecular formula is C16H25N5O. The van der Waals surface area contributed by atoms with Crippen molar-refractivity contribution in [3.05, 3.63) is 30.1 Å². The normalized spacial score (nSPS) is 15.6. The first-order valence-electron chi connectivity index (χ1n) is 8.02. The van der Waals surface area contributed by atoms with Gasteiger partial charge in [-0.05, 0) is 31.9 Å². The third-order valence-corrected chi connectivity index (χ3v) is 3.63. The zero-order chi connectivity index (χ0) is 15.6. The lowest BCUT2D eigenvalue weighted by Gasteiger charge is -2.16. The summed E-state index contributed by atoms with van der Waals surface area (Å²) in [5.74, 6) is 0.724. The van der Waals surface area contributed by atoms with Crippen LogP contribution in [0, 0.1) is 0 Å². The zero-order valence-electron chi connectivity index (χ0n) is 13.1. The Labute approximate surface area is 131 Å². The maximum absolute atomic E-state index is 11.9. The number of pyridine rings is 1. The van der Waals surface area contributed by atoms with Gasteiger partial charge in [-0.25, -0.2) is 0 Å². The Balaban J connectivity index is 1.74. The van der Waals surface area contributed by atoms with Crippen LogP contribution in [0.15, 0.2) is 29.5 Å². The van der Waals surface area contributed by atoms with Crippen molar-refractivity contribution in [1.29, 1.82) is 0 Å². The van der Waals surface area contributed by atoms with E-state index in [1.165, 1.54) is 25.7 Å². The summed E-state index contributed by atoms with van der Waals surface area (Å²) >= 11 is 0. The molecule has 2 rings (SSSR count). The molecule has 0 bridgehead atoms. The molecule has 1 aliphatic carbocycles. The summed E-state index contributed by atoms with van der Waals surface area (Å²) in [5, 5.41) is 9.55. The Morgan fingerprint density at radius 1 is 1.36 bits per heavy atom. The predicted molar refractivity (Wildman–Crippen MR) is 87.9 cm³/mol. The molecule has 6 heteroatoms. The van der Waals surface area contributed by atoms with Crippen molar-refractivity contribution in [1.82, 2.24) is 20.9 Å². The smallest absolute Gasteiger partial charge is 0.252 e. The van der Waals surface area contributed by atoms with Crippen molar-refractivity contribution in [2.75, 3.05) is 19.6 Å². The molecule has 1 aromatic rings. The van der Waals surface area contributed by atoms with Crippen LogP contribution in [0.3, 0.4) is 0 Å². The van der Waals surface area contributed by atoms with Gasteiger partial charge in [-0.2, -0.15) is 0 Å². The molecular weight excluding hydrogens is 278 g/mol. The number of aromatic nitrogens is 1. The average Bonchev–Trinajstić information content (AvgIpc) is 3.05. The van der Waals surface area contributed by atoms with Crippen molar-refractivity contribution in [3.63, 3.8) is 0 Å². The molecule has 0 aliphatic heterocycles. The van der Waals surface area contributed by atoms with Gasteiger partial charge in [-0.15, -0.1) is 0 Å². The van der Waals surface area contributed by atoms with E-state index in [0.717, 1.165) is 12.5 Å². The molecule has 1 aliphatic rings. The number of amides is 1. The van der Waals surface area contributed by atoms with Crippen LogP contribution in [0.2, 0.25) is 0 Å². The molecule has 120 valence electrons. The highest BCUT2D eigenvalue weighted by Gasteiger charge is 2.15. The molecule has 0 saturated heterocycles. The fourth-order valence-electron chi connectivity index (χ4n) is 2.52. The van der Waals surface area contributed by atoms with Crippen LogP contribution in [0.4, 0.5) is 0 Å². The van der Waals surface area contributed by atoms with Crippen LogP contribution in [0.25, 0.3) is 0 Å². The number of rotatable bonds is 6. The first-order valence-corrected chi connectivity index (χ1v) is 8.02. The summed E-state index contributed by atoms with van der Waals surface area (Å²) in [7, 11) is 0. The molecule has 6 nitrogen and oxygen atoms in total. The minimum atomic E-state index is -0.114. The van der Waals surface area contributed by atoms with Crippen molar-refractivity contribution < 1.29 is 4.79 Å². The second kappa shape index (κ2) is 9.02. The van der Waals surface area contributed by atoms with Crippen molar-refractivity contribution in [3.8, 4) is 0 Å². The van der Waals surface area contributed by atoms with E-state index in [1.54, 1.807) is 24.5 Å². The monoisotopic (exact) mass is 303 g/mol. The van der Waals surface area contributed by atoms with Gasteiger partial charge in [0, 0.05) is 31.5 Å². The minimum absolute atomic E-state index is 0.114. The first kappa shape index (κ1) is 16.3. The summed E-state index contributed by atoms with van der Waals surface area (Å²) in [6.07, 6.45) is 8.21. The fourth-order valence-corrected chi connectivity index (χ4v) is 2.52. The topological polar surface area (TPSA) is 78.4 Å². The van der Waals surface area contributed by atoms with E-state index in [1.807, 2.05) is 0 Å². The molecule has 1 saturated carbocycles. The lowest BCUT2D eigenvalue weighted by atomic mass is 10.2. The zero-order valence-corrected chi connectivity index (χ0v) is 13.1. The van der Waals surface area contributed by atoms with Crippen molar-refractivity contribution >= 4 is 11.9 Å². The quantitative estimate of drug-likeness (QED) is 0.421. The maximum atomic E-state index is 11.9. The largest absolute Gasteiger partial charge is 0.357 e. The highest BCUT2D eigenvalue weighted by Crippen LogP contribution is 2.17. The second-order valence-electron chi connectivity index (χ2n) is 5.38. The van der Waals surface area contributed by atoms with E-state index in [0.29, 0.717) is 24.7 Å². The number of carbonyl (C=O) groups is 1. The number of nitrogens with zero attached hydrogens (tertiary/aromatic N) is 2. The van der Waals surface area contributed by atoms with Gasteiger partial charge >= 0.3 is 0 Å². The summed E-state index contributed by atoms with van der Waals surface area (Å²) in [4.78, 5) is 20.3. The summed E-state index contributed by atoms with van der Waals surface area (Å²) in [6, 6.07) is 4.03. The molecule has 0 radical (unpaired) electrons. The van der Waals surface area contributed by atoms with E-state index >= 15 is 0 Å². The minimum Gasteiger partial charge on any atom is -0.357 e. The average molecular weight is 303 g/mol. The lowest BCUT2D eigenvalue weighted by molar-refractivity contribution is 0.0954. The van der Waals surface area contributed by atoms with Gasteiger partial charge in [-0.1, -0.05) is 12.8 Å². The van der Waals surface area contributed by atoms with Crippen molar-refractivity contribution in [2.45, 2.75) is 38.6 Å². The number of hydrogen-bond acceptors (Lipinski definition) is 3. The molecule has 3 N–H and O–H groups in total. The molecule has 0 spiro atoms. The lowest BCUT2D eigenvalue weighted by Crippen LogP contribution is -2.42. The third kappa shape index (κ3) is 5.35. The number of carbonyl (C=O) groups excluding carboxylic acids is 1. The highest BCUT2D eigenvalue weighted by molar-refractivity contribution is 5.93. The van der Waals surface area contributed by atoms with Crippen LogP contribution >= 0.6 is 0 Å². The molecule has 1 fully saturated rings. The van der Waals surface area contributed by atoms with Crippen LogP contribution in [0.1, 0.15) is 43.0 Å². The van der Waals surface area contributed by atoms with Gasteiger partial charge in [-0.3, -0.25) is 14.8 Å². The van der Waals surface area contributed by atoms with Gasteiger partial charge in [0.25, 0.3) is 5.91 Å². The molecule has 0 unspecified atom stereocenters. The Morgan fingerprint density at radius 2 is 2.18 bits per heavy atom. The molecule has 22 heavy (non-hydrogen) atoms. The third-order valence-electron chi connectivity index (χ3n) is 3.63. The highest BCUT2D eigenvalue weighted by atomic mass is 16.1. The Hall–Kier alpha value is -2.11. The molecule has 1 aromatic heterocycles. The molecule has 1 heterocycles. The molecule has 0 atom stereocenters. The predicted octanol–water partition coefficient (Wildman–Crippen LogP) is 1.31. The van der Waals surface area contributed by atoms with E-state index in [-0.39, 0.29) is 5.91 Å². The Kier molecular flexibility index (Phi) is 6.67. The fraction of sp³-hybridized carbons (Fsp3) is 0.562. The van der Waals surface area contributed by atoms with Crippen molar-refractivity contribution in [2.24, 2.45) is 4.99 Å². The van der Waals surface area contributed by atoms with Gasteiger partial charge in [0.15, 0.2) is 5.96 Å². The second-order valence-corrected chi connectivity index (χ2v) is 5.38. The van der Waals surface area contributed by atoms with Crippen LogP contribution in [-0.2, 0) is 0 Å². The van der Waals surface area contributed by atoms with Gasteiger partial charge in [0.05, 0.1) is 12.1 Å². The SMILES string of the molecule is CCNC(=NCCNC(=O)c1cccnc1)NC1CCCC1. The van der Waals surface area contributed by atoms with Crippen LogP contribution in [-0.4, -0.2) is 42.5 Å². The first-order chi connectivity index (χ1) is 10.8. The van der Waals surface area contributed by atoms with Gasteiger partial charge in [0.2, 0.25) is 0 Å². The summed E-state index contributed by atoms with van der Waals surface area (Å²) in [5.41, 5.74) is 0.572. The number of aliphatic imine (C=N–C) groups is 1. The molecule has 0 aromatic carbocycles. The van der Waals surface area contributed by atoms with Crippen LogP contribution < -0.4 is 16.0 Å². The van der Waals surface area contributed by atoms with Crippen LogP contribution in [0.5, 0.6) is 0 Å². The summed E-state index contributed by atoms with van der Waals surface area (Å²) in [6.45, 7) is 3.94. The Morgan fingerprint density at radius 3 is 2.86 bits per heavy atom. The number of guanidine groups is 1. The van der Waals surface area contributed by atoms with Gasteiger partial charge < -0.3 is 16.0 Å². The van der Waals surface area contributed by atoms with E-state index in [2.05, 4.69) is 32.9 Å². The Bertz CT molecular complexity index is 483. The standard InChI is InChI=1S/C16H25N5O/c1-2-18-16(21-14-7-3-4-8-14)20-11-10-19-15(22)13-6-5-9-17-12-13/h5-6,9,12,14H,2-4,7-8,10-11H2,1H3,(H,19,22)(H2,18,20,21). The molecule has 1 amide bonds. The van der Waals surface area contributed by atoms with Gasteiger partial charge in [0.1, 0.15) is 0 Å². The maximum Gasteiger partial charge on any atom is 0.252 e. The number of nitrogens with one attached hydrogen (secondary N) is 3. The van der Waals surface area contributed by atoms with E-state index in [9.17, 15) is 4.79 Å². The van der Waals surface area contributed by atoms with E-state index < -0.39 is 0 Å². The number of hydrogen-bond donors (Lipinski definition) is 3. The summed E-state index contributed by atoms with van der Waals surface area (Å²) < 4.78 is 0. The van der Waals surface area contributed by atoms with E-state index in [4.69, 9.17) is 0 Å².